The second-order valence-corrected chi connectivity index (χ2v) is 10.1. The summed E-state index contributed by atoms with van der Waals surface area (Å²) in [6.07, 6.45) is 5.46. The predicted octanol–water partition coefficient (Wildman–Crippen LogP) is 3.04. The van der Waals surface area contributed by atoms with Gasteiger partial charge in [0.1, 0.15) is 17.3 Å². The van der Waals surface area contributed by atoms with E-state index in [9.17, 15) is 14.4 Å². The van der Waals surface area contributed by atoms with Crippen LogP contribution in [-0.4, -0.2) is 68.3 Å². The summed E-state index contributed by atoms with van der Waals surface area (Å²) < 4.78 is 1.43. The second kappa shape index (κ2) is 11.2. The van der Waals surface area contributed by atoms with Crippen LogP contribution in [0.2, 0.25) is 0 Å². The van der Waals surface area contributed by atoms with E-state index < -0.39 is 5.97 Å². The van der Waals surface area contributed by atoms with Gasteiger partial charge in [0, 0.05) is 50.3 Å². The Morgan fingerprint density at radius 1 is 1.19 bits per heavy atom. The molecular formula is C25H28ClN5O4S. The number of hydrogen-bond acceptors (Lipinski definition) is 7. The number of pyridine rings is 1. The molecule has 3 aromatic rings. The minimum Gasteiger partial charge on any atom is -0.478 e. The molecule has 0 bridgehead atoms. The molecule has 1 aliphatic rings. The fourth-order valence-corrected chi connectivity index (χ4v) is 5.22. The van der Waals surface area contributed by atoms with E-state index >= 15 is 0 Å². The monoisotopic (exact) mass is 529 g/mol. The molecule has 3 aromatic heterocycles. The molecule has 4 rings (SSSR count). The Bertz CT molecular complexity index is 1360. The van der Waals surface area contributed by atoms with Gasteiger partial charge in [0.15, 0.2) is 0 Å². The first-order valence-electron chi connectivity index (χ1n) is 11.8. The molecule has 11 heteroatoms. The van der Waals surface area contributed by atoms with E-state index in [4.69, 9.17) is 26.7 Å². The summed E-state index contributed by atoms with van der Waals surface area (Å²) in [6, 6.07) is 3.77. The molecule has 1 amide bonds. The maximum Gasteiger partial charge on any atom is 0.328 e. The zero-order chi connectivity index (χ0) is 25.8. The van der Waals surface area contributed by atoms with E-state index in [0.29, 0.717) is 43.6 Å². The summed E-state index contributed by atoms with van der Waals surface area (Å²) in [4.78, 5) is 49.5. The summed E-state index contributed by atoms with van der Waals surface area (Å²) in [6.45, 7) is 6.06. The van der Waals surface area contributed by atoms with Crippen molar-refractivity contribution in [2.45, 2.75) is 32.6 Å². The zero-order valence-electron chi connectivity index (χ0n) is 20.2. The fraction of sp³-hybridized carbons (Fsp3) is 0.400. The van der Waals surface area contributed by atoms with Crippen LogP contribution in [0.4, 0.5) is 5.82 Å². The molecule has 0 unspecified atom stereocenters. The molecule has 36 heavy (non-hydrogen) atoms. The highest BCUT2D eigenvalue weighted by atomic mass is 35.5. The average Bonchev–Trinajstić information content (AvgIpc) is 3.36. The first kappa shape index (κ1) is 25.8. The SMILES string of the molecule is CC(C)c1csc(CCc2ccn3c(=O)c(/C=C/C(=O)O)c(N4CCN(C(=O)CCl)CC4)nc3c2)n1. The highest BCUT2D eigenvalue weighted by molar-refractivity contribution is 7.09. The van der Waals surface area contributed by atoms with Gasteiger partial charge in [-0.25, -0.2) is 14.8 Å². The van der Waals surface area contributed by atoms with Crippen molar-refractivity contribution in [2.24, 2.45) is 0 Å². The normalized spacial score (nSPS) is 14.3. The van der Waals surface area contributed by atoms with Crippen molar-refractivity contribution in [3.63, 3.8) is 0 Å². The Labute approximate surface area is 217 Å². The van der Waals surface area contributed by atoms with Crippen LogP contribution in [0.1, 0.15) is 41.6 Å². The van der Waals surface area contributed by atoms with Crippen molar-refractivity contribution in [3.05, 3.63) is 62.0 Å². The van der Waals surface area contributed by atoms with E-state index in [0.717, 1.165) is 35.2 Å². The quantitative estimate of drug-likeness (QED) is 0.353. The second-order valence-electron chi connectivity index (χ2n) is 8.91. The number of alkyl halides is 1. The number of aromatic nitrogens is 3. The number of carbonyl (C=O) groups is 2. The number of aryl methyl sites for hydroxylation is 2. The number of fused-ring (bicyclic) bond motifs is 1. The van der Waals surface area contributed by atoms with Gasteiger partial charge >= 0.3 is 5.97 Å². The van der Waals surface area contributed by atoms with Crippen LogP contribution in [0.3, 0.4) is 0 Å². The lowest BCUT2D eigenvalue weighted by Gasteiger charge is -2.35. The summed E-state index contributed by atoms with van der Waals surface area (Å²) in [5, 5.41) is 12.3. The molecule has 0 aliphatic carbocycles. The molecule has 0 radical (unpaired) electrons. The van der Waals surface area contributed by atoms with Crippen LogP contribution >= 0.6 is 22.9 Å². The lowest BCUT2D eigenvalue weighted by atomic mass is 10.1. The van der Waals surface area contributed by atoms with E-state index in [1.807, 2.05) is 17.0 Å². The molecule has 0 saturated carbocycles. The maximum absolute atomic E-state index is 13.3. The number of piperazine rings is 1. The molecule has 0 spiro atoms. The topological polar surface area (TPSA) is 108 Å². The Balaban J connectivity index is 1.64. The number of hydrogen-bond donors (Lipinski definition) is 1. The number of carboxylic acids is 1. The van der Waals surface area contributed by atoms with Gasteiger partial charge in [-0.3, -0.25) is 14.0 Å². The largest absolute Gasteiger partial charge is 0.478 e. The molecule has 190 valence electrons. The van der Waals surface area contributed by atoms with Gasteiger partial charge in [0.25, 0.3) is 5.56 Å². The number of anilines is 1. The van der Waals surface area contributed by atoms with Crippen LogP contribution in [-0.2, 0) is 22.4 Å². The molecule has 1 fully saturated rings. The summed E-state index contributed by atoms with van der Waals surface area (Å²) >= 11 is 7.34. The molecule has 0 aromatic carbocycles. The van der Waals surface area contributed by atoms with Crippen molar-refractivity contribution in [3.8, 4) is 0 Å². The molecule has 1 saturated heterocycles. The lowest BCUT2D eigenvalue weighted by molar-refractivity contribution is -0.131. The van der Waals surface area contributed by atoms with Gasteiger partial charge < -0.3 is 14.9 Å². The van der Waals surface area contributed by atoms with E-state index in [1.165, 1.54) is 10.5 Å². The third kappa shape index (κ3) is 5.76. The van der Waals surface area contributed by atoms with Crippen molar-refractivity contribution < 1.29 is 14.7 Å². The van der Waals surface area contributed by atoms with Crippen LogP contribution in [0.15, 0.2) is 34.6 Å². The van der Waals surface area contributed by atoms with Gasteiger partial charge in [-0.2, -0.15) is 0 Å². The number of amides is 1. The van der Waals surface area contributed by atoms with E-state index in [1.54, 1.807) is 22.4 Å². The van der Waals surface area contributed by atoms with Gasteiger partial charge in [-0.1, -0.05) is 13.8 Å². The lowest BCUT2D eigenvalue weighted by Crippen LogP contribution is -2.50. The Hall–Kier alpha value is -3.24. The average molecular weight is 530 g/mol. The molecule has 9 nitrogen and oxygen atoms in total. The van der Waals surface area contributed by atoms with Crippen molar-refractivity contribution in [1.82, 2.24) is 19.3 Å². The first-order chi connectivity index (χ1) is 17.3. The number of nitrogens with zero attached hydrogens (tertiary/aromatic N) is 5. The third-order valence-corrected chi connectivity index (χ3v) is 7.29. The third-order valence-electron chi connectivity index (χ3n) is 6.14. The van der Waals surface area contributed by atoms with Crippen LogP contribution in [0.25, 0.3) is 11.7 Å². The molecule has 1 N–H and O–H groups in total. The van der Waals surface area contributed by atoms with Gasteiger partial charge in [0.05, 0.1) is 16.3 Å². The predicted molar refractivity (Wildman–Crippen MR) is 141 cm³/mol. The number of aliphatic carboxylic acids is 1. The van der Waals surface area contributed by atoms with Gasteiger partial charge in [-0.05, 0) is 36.1 Å². The Kier molecular flexibility index (Phi) is 8.05. The van der Waals surface area contributed by atoms with Gasteiger partial charge in [0.2, 0.25) is 5.91 Å². The summed E-state index contributed by atoms with van der Waals surface area (Å²) in [5.74, 6) is -0.566. The van der Waals surface area contributed by atoms with Crippen molar-refractivity contribution in [2.75, 3.05) is 37.0 Å². The highest BCUT2D eigenvalue weighted by Gasteiger charge is 2.24. The summed E-state index contributed by atoms with van der Waals surface area (Å²) in [5.41, 5.74) is 2.46. The highest BCUT2D eigenvalue weighted by Crippen LogP contribution is 2.22. The van der Waals surface area contributed by atoms with Gasteiger partial charge in [-0.15, -0.1) is 22.9 Å². The first-order valence-corrected chi connectivity index (χ1v) is 13.2. The Morgan fingerprint density at radius 3 is 2.58 bits per heavy atom. The van der Waals surface area contributed by atoms with Crippen molar-refractivity contribution in [1.29, 1.82) is 0 Å². The van der Waals surface area contributed by atoms with E-state index in [-0.39, 0.29) is 22.9 Å². The smallest absolute Gasteiger partial charge is 0.328 e. The standard InChI is InChI=1S/C25H28ClN5O4S/c1-16(2)19-15-36-21(27-19)5-3-17-7-8-31-20(13-17)28-24(18(25(31)35)4-6-23(33)34)30-11-9-29(10-12-30)22(32)14-26/h4,6-8,13,15-16H,3,5,9-12,14H2,1-2H3,(H,33,34)/b6-4+. The van der Waals surface area contributed by atoms with E-state index in [2.05, 4.69) is 19.2 Å². The Morgan fingerprint density at radius 2 is 1.94 bits per heavy atom. The minimum absolute atomic E-state index is 0.0786. The fourth-order valence-electron chi connectivity index (χ4n) is 4.09. The van der Waals surface area contributed by atoms with Crippen LogP contribution in [0.5, 0.6) is 0 Å². The molecule has 4 heterocycles. The number of carboxylic acid groups (broad SMARTS) is 1. The maximum atomic E-state index is 13.3. The van der Waals surface area contributed by atoms with Crippen LogP contribution in [0, 0.1) is 0 Å². The molecule has 1 aliphatic heterocycles. The van der Waals surface area contributed by atoms with Crippen molar-refractivity contribution >= 4 is 52.4 Å². The minimum atomic E-state index is -1.15. The van der Waals surface area contributed by atoms with Crippen LogP contribution < -0.4 is 10.5 Å². The zero-order valence-corrected chi connectivity index (χ0v) is 21.8. The number of thiazole rings is 1. The number of rotatable bonds is 8. The number of carbonyl (C=O) groups excluding carboxylic acids is 1. The number of halogens is 1. The molecular weight excluding hydrogens is 502 g/mol. The summed E-state index contributed by atoms with van der Waals surface area (Å²) in [7, 11) is 0. The molecule has 0 atom stereocenters.